The predicted molar refractivity (Wildman–Crippen MR) is 143 cm³/mol. The fourth-order valence-corrected chi connectivity index (χ4v) is 9.56. The molecule has 1 aromatic rings. The summed E-state index contributed by atoms with van der Waals surface area (Å²) in [6.45, 7) is 11.5. The van der Waals surface area contributed by atoms with E-state index >= 15 is 0 Å². The Morgan fingerprint density at radius 3 is 1.71 bits per heavy atom. The van der Waals surface area contributed by atoms with Crippen LogP contribution in [0.5, 0.6) is 0 Å². The number of ether oxygens (including phenoxy) is 1. The standard InChI is InChI=1S/C14H28O4Si.C12H14O6Si/c1-4-15-19(16-5-2,17-6-3)10-9-12-7-8-13-14(11-12)18-13;1-9(13)16-19(17-10(2)14,18-11(3)15)12-7-5-4-6-8-12/h12-14H,4-11H2,1-3H3;4-8H,1-3H3. The van der Waals surface area contributed by atoms with Gasteiger partial charge in [-0.15, -0.1) is 0 Å². The van der Waals surface area contributed by atoms with Gasteiger partial charge in [-0.2, -0.15) is 0 Å². The molecule has 1 aromatic carbocycles. The second-order valence-electron chi connectivity index (χ2n) is 9.12. The van der Waals surface area contributed by atoms with Crippen molar-refractivity contribution in [3.05, 3.63) is 30.3 Å². The van der Waals surface area contributed by atoms with Crippen molar-refractivity contribution in [3.63, 3.8) is 0 Å². The zero-order chi connectivity index (χ0) is 28.2. The quantitative estimate of drug-likeness (QED) is 0.257. The van der Waals surface area contributed by atoms with Gasteiger partial charge in [0.2, 0.25) is 0 Å². The molecule has 1 saturated heterocycles. The number of carbonyl (C=O) groups excluding carboxylic acids is 3. The number of hydrogen-bond acceptors (Lipinski definition) is 10. The summed E-state index contributed by atoms with van der Waals surface area (Å²) >= 11 is 0. The lowest BCUT2D eigenvalue weighted by atomic mass is 9.88. The van der Waals surface area contributed by atoms with Crippen molar-refractivity contribution < 1.29 is 45.7 Å². The summed E-state index contributed by atoms with van der Waals surface area (Å²) in [7, 11) is -6.34. The highest BCUT2D eigenvalue weighted by atomic mass is 28.4. The number of rotatable bonds is 13. The van der Waals surface area contributed by atoms with Gasteiger partial charge in [0.25, 0.3) is 17.9 Å². The van der Waals surface area contributed by atoms with Crippen LogP contribution in [-0.2, 0) is 45.7 Å². The topological polar surface area (TPSA) is 119 Å². The molecule has 3 unspecified atom stereocenters. The van der Waals surface area contributed by atoms with Gasteiger partial charge in [0.05, 0.1) is 17.4 Å². The Morgan fingerprint density at radius 2 is 1.29 bits per heavy atom. The number of carbonyl (C=O) groups is 3. The van der Waals surface area contributed by atoms with E-state index in [9.17, 15) is 14.4 Å². The van der Waals surface area contributed by atoms with Crippen LogP contribution in [0.3, 0.4) is 0 Å². The minimum absolute atomic E-state index is 0.357. The van der Waals surface area contributed by atoms with Gasteiger partial charge < -0.3 is 31.3 Å². The van der Waals surface area contributed by atoms with Crippen molar-refractivity contribution in [1.82, 2.24) is 0 Å². The van der Waals surface area contributed by atoms with Gasteiger partial charge in [-0.05, 0) is 52.4 Å². The number of epoxide rings is 1. The summed E-state index contributed by atoms with van der Waals surface area (Å²) < 4.78 is 38.5. The van der Waals surface area contributed by atoms with Crippen molar-refractivity contribution in [1.29, 1.82) is 0 Å². The van der Waals surface area contributed by atoms with Crippen molar-refractivity contribution in [3.8, 4) is 0 Å². The van der Waals surface area contributed by atoms with Crippen LogP contribution in [0.4, 0.5) is 0 Å². The van der Waals surface area contributed by atoms with E-state index in [2.05, 4.69) is 0 Å². The van der Waals surface area contributed by atoms with E-state index in [1.807, 2.05) is 20.8 Å². The summed E-state index contributed by atoms with van der Waals surface area (Å²) in [5, 5.41) is 0.357. The van der Waals surface area contributed by atoms with E-state index < -0.39 is 35.5 Å². The SMILES string of the molecule is CC(=O)O[Si](OC(C)=O)(OC(C)=O)c1ccccc1.CCO[Si](CCC1CCC2OC2C1)(OCC)OCC. The fraction of sp³-hybridized carbons (Fsp3) is 0.654. The summed E-state index contributed by atoms with van der Waals surface area (Å²) in [6, 6.07) is 9.14. The van der Waals surface area contributed by atoms with Crippen LogP contribution in [0, 0.1) is 5.92 Å². The molecule has 1 saturated carbocycles. The molecular weight excluding hydrogens is 528 g/mol. The summed E-state index contributed by atoms with van der Waals surface area (Å²) in [5.74, 6) is -1.33. The molecule has 0 bridgehead atoms. The monoisotopic (exact) mass is 570 g/mol. The van der Waals surface area contributed by atoms with Crippen LogP contribution in [0.25, 0.3) is 0 Å². The zero-order valence-corrected chi connectivity index (χ0v) is 25.4. The van der Waals surface area contributed by atoms with E-state index in [0.29, 0.717) is 37.2 Å². The average molecular weight is 571 g/mol. The molecular formula is C26H42O10Si2. The van der Waals surface area contributed by atoms with Crippen molar-refractivity contribution >= 4 is 40.7 Å². The molecule has 10 nitrogen and oxygen atoms in total. The highest BCUT2D eigenvalue weighted by Gasteiger charge is 2.54. The Labute approximate surface area is 228 Å². The second kappa shape index (κ2) is 15.5. The molecule has 3 atom stereocenters. The van der Waals surface area contributed by atoms with Crippen molar-refractivity contribution in [2.24, 2.45) is 5.92 Å². The minimum atomic E-state index is -3.91. The Balaban J connectivity index is 0.000000267. The maximum absolute atomic E-state index is 11.2. The lowest BCUT2D eigenvalue weighted by molar-refractivity contribution is -0.146. The largest absolute Gasteiger partial charge is 0.742 e. The lowest BCUT2D eigenvalue weighted by Crippen LogP contribution is -2.59. The van der Waals surface area contributed by atoms with Crippen LogP contribution in [0.15, 0.2) is 30.3 Å². The molecule has 3 rings (SSSR count). The van der Waals surface area contributed by atoms with Crippen LogP contribution in [-0.4, -0.2) is 67.5 Å². The van der Waals surface area contributed by atoms with E-state index in [1.54, 1.807) is 30.3 Å². The second-order valence-corrected chi connectivity index (χ2v) is 14.2. The maximum atomic E-state index is 11.2. The number of fused-ring (bicyclic) bond motifs is 1. The lowest BCUT2D eigenvalue weighted by Gasteiger charge is -2.30. The first-order valence-corrected chi connectivity index (χ1v) is 17.0. The molecule has 38 heavy (non-hydrogen) atoms. The first-order chi connectivity index (χ1) is 18.1. The molecule has 0 spiro atoms. The molecule has 0 radical (unpaired) electrons. The number of benzene rings is 1. The van der Waals surface area contributed by atoms with Crippen molar-refractivity contribution in [2.45, 2.75) is 85.5 Å². The van der Waals surface area contributed by atoms with E-state index in [0.717, 1.165) is 39.2 Å². The minimum Gasteiger partial charge on any atom is -0.452 e. The third-order valence-corrected chi connectivity index (χ3v) is 11.8. The molecule has 214 valence electrons. The van der Waals surface area contributed by atoms with E-state index in [4.69, 9.17) is 31.3 Å². The average Bonchev–Trinajstić information content (AvgIpc) is 3.62. The van der Waals surface area contributed by atoms with Gasteiger partial charge >= 0.3 is 17.6 Å². The van der Waals surface area contributed by atoms with E-state index in [-0.39, 0.29) is 0 Å². The van der Waals surface area contributed by atoms with Crippen LogP contribution in [0.1, 0.15) is 67.2 Å². The Morgan fingerprint density at radius 1 is 0.789 bits per heavy atom. The van der Waals surface area contributed by atoms with Crippen LogP contribution in [0.2, 0.25) is 6.04 Å². The molecule has 0 amide bonds. The van der Waals surface area contributed by atoms with Gasteiger partial charge in [-0.25, -0.2) is 0 Å². The molecule has 2 fully saturated rings. The van der Waals surface area contributed by atoms with Crippen molar-refractivity contribution in [2.75, 3.05) is 19.8 Å². The third kappa shape index (κ3) is 10.2. The molecule has 2 aliphatic rings. The van der Waals surface area contributed by atoms with Crippen LogP contribution >= 0.6 is 0 Å². The Kier molecular flexibility index (Phi) is 13.1. The van der Waals surface area contributed by atoms with Crippen LogP contribution < -0.4 is 5.19 Å². The maximum Gasteiger partial charge on any atom is 0.742 e. The smallest absolute Gasteiger partial charge is 0.452 e. The normalized spacial score (nSPS) is 20.3. The van der Waals surface area contributed by atoms with Gasteiger partial charge in [-0.1, -0.05) is 30.3 Å². The summed E-state index contributed by atoms with van der Waals surface area (Å²) in [6.07, 6.45) is 6.04. The first-order valence-electron chi connectivity index (χ1n) is 13.3. The number of hydrogen-bond donors (Lipinski definition) is 0. The molecule has 1 aliphatic carbocycles. The predicted octanol–water partition coefficient (Wildman–Crippen LogP) is 3.51. The molecule has 0 aromatic heterocycles. The molecule has 1 heterocycles. The Bertz CT molecular complexity index is 839. The molecule has 1 aliphatic heterocycles. The molecule has 12 heteroatoms. The summed E-state index contributed by atoms with van der Waals surface area (Å²) in [4.78, 5) is 33.7. The van der Waals surface area contributed by atoms with Gasteiger partial charge in [0.1, 0.15) is 0 Å². The van der Waals surface area contributed by atoms with Gasteiger partial charge in [0, 0.05) is 46.6 Å². The summed E-state index contributed by atoms with van der Waals surface area (Å²) in [5.41, 5.74) is 0. The molecule has 0 N–H and O–H groups in total. The fourth-order valence-electron chi connectivity index (χ4n) is 4.58. The Hall–Kier alpha value is -2.10. The third-order valence-electron chi connectivity index (χ3n) is 6.03. The highest BCUT2D eigenvalue weighted by Crippen LogP contribution is 2.41. The van der Waals surface area contributed by atoms with E-state index in [1.165, 1.54) is 19.3 Å². The highest BCUT2D eigenvalue weighted by molar-refractivity contribution is 6.79. The van der Waals surface area contributed by atoms with Gasteiger partial charge in [0.15, 0.2) is 0 Å². The zero-order valence-electron chi connectivity index (χ0n) is 23.4. The first kappa shape index (κ1) is 32.1. The van der Waals surface area contributed by atoms with Gasteiger partial charge in [-0.3, -0.25) is 14.4 Å².